The Balaban J connectivity index is 2.38. The lowest BCUT2D eigenvalue weighted by molar-refractivity contribution is -0.141. The van der Waals surface area contributed by atoms with Crippen LogP contribution in [-0.4, -0.2) is 17.6 Å². The summed E-state index contributed by atoms with van der Waals surface area (Å²) in [5.74, 6) is -7.92. The van der Waals surface area contributed by atoms with Gasteiger partial charge in [-0.1, -0.05) is 0 Å². The Hall–Kier alpha value is -1.63. The molecule has 2 rings (SSSR count). The van der Waals surface area contributed by atoms with Gasteiger partial charge in [0.25, 0.3) is 0 Å². The monoisotopic (exact) mass is 263 g/mol. The number of hydrogen-bond donors (Lipinski definition) is 2. The van der Waals surface area contributed by atoms with Crippen molar-refractivity contribution in [1.82, 2.24) is 5.32 Å². The molecule has 3 nitrogen and oxygen atoms in total. The molecule has 0 aromatic heterocycles. The lowest BCUT2D eigenvalue weighted by Crippen LogP contribution is -2.19. The summed E-state index contributed by atoms with van der Waals surface area (Å²) in [7, 11) is 0. The average molecular weight is 263 g/mol. The van der Waals surface area contributed by atoms with Crippen molar-refractivity contribution in [3.8, 4) is 0 Å². The Morgan fingerprint density at radius 3 is 2.22 bits per heavy atom. The summed E-state index contributed by atoms with van der Waals surface area (Å²) in [5, 5.41) is 11.3. The van der Waals surface area contributed by atoms with E-state index in [1.807, 2.05) is 0 Å². The summed E-state index contributed by atoms with van der Waals surface area (Å²) >= 11 is 0. The van der Waals surface area contributed by atoms with Crippen molar-refractivity contribution in [2.45, 2.75) is 12.5 Å². The Bertz CT molecular complexity index is 480. The maximum Gasteiger partial charge on any atom is 0.307 e. The average Bonchev–Trinajstić information content (AvgIpc) is 2.76. The number of nitrogens with one attached hydrogen (secondary N) is 1. The van der Waals surface area contributed by atoms with E-state index in [0.29, 0.717) is 0 Å². The first-order valence-electron chi connectivity index (χ1n) is 5.21. The Kier molecular flexibility index (Phi) is 3.25. The standard InChI is InChI=1S/C11H9F4NO2/c12-5-2-6(13)10(15)8(9(5)14)7-1-4(3-16-7)11(17)18/h2,4,7,16H,1,3H2,(H,17,18). The molecule has 1 fully saturated rings. The SMILES string of the molecule is O=C(O)C1CNC(c2c(F)c(F)cc(F)c2F)C1. The fourth-order valence-corrected chi connectivity index (χ4v) is 2.04. The summed E-state index contributed by atoms with van der Waals surface area (Å²) in [5.41, 5.74) is -0.781. The van der Waals surface area contributed by atoms with Crippen LogP contribution in [0.3, 0.4) is 0 Å². The van der Waals surface area contributed by atoms with E-state index in [1.165, 1.54) is 0 Å². The Labute approximate surface area is 99.4 Å². The maximum atomic E-state index is 13.5. The third kappa shape index (κ3) is 2.05. The normalized spacial score (nSPS) is 23.3. The van der Waals surface area contributed by atoms with Crippen molar-refractivity contribution >= 4 is 5.97 Å². The third-order valence-electron chi connectivity index (χ3n) is 2.97. The molecule has 2 unspecified atom stereocenters. The number of carbonyl (C=O) groups is 1. The molecule has 0 saturated carbocycles. The molecule has 1 aliphatic heterocycles. The molecule has 18 heavy (non-hydrogen) atoms. The quantitative estimate of drug-likeness (QED) is 0.633. The van der Waals surface area contributed by atoms with Crippen LogP contribution in [0.15, 0.2) is 6.07 Å². The summed E-state index contributed by atoms with van der Waals surface area (Å²) in [6.07, 6.45) is -0.119. The molecule has 0 spiro atoms. The van der Waals surface area contributed by atoms with Crippen LogP contribution in [0.4, 0.5) is 17.6 Å². The van der Waals surface area contributed by atoms with Gasteiger partial charge in [0.15, 0.2) is 23.3 Å². The molecule has 98 valence electrons. The number of aliphatic carboxylic acids is 1. The number of rotatable bonds is 2. The van der Waals surface area contributed by atoms with E-state index in [2.05, 4.69) is 5.32 Å². The van der Waals surface area contributed by atoms with E-state index in [0.717, 1.165) is 0 Å². The van der Waals surface area contributed by atoms with Gasteiger partial charge in [0.05, 0.1) is 5.92 Å². The van der Waals surface area contributed by atoms with Crippen molar-refractivity contribution in [3.05, 3.63) is 34.9 Å². The van der Waals surface area contributed by atoms with E-state index >= 15 is 0 Å². The molecular weight excluding hydrogens is 254 g/mol. The highest BCUT2D eigenvalue weighted by Crippen LogP contribution is 2.32. The molecule has 0 radical (unpaired) electrons. The molecule has 1 aromatic carbocycles. The molecule has 1 aromatic rings. The minimum absolute atomic E-state index is 0.00296. The smallest absolute Gasteiger partial charge is 0.307 e. The van der Waals surface area contributed by atoms with Gasteiger partial charge in [-0.15, -0.1) is 0 Å². The Morgan fingerprint density at radius 1 is 1.22 bits per heavy atom. The van der Waals surface area contributed by atoms with Crippen LogP contribution in [-0.2, 0) is 4.79 Å². The first-order valence-corrected chi connectivity index (χ1v) is 5.21. The summed E-state index contributed by atoms with van der Waals surface area (Å²) in [6.45, 7) is -0.00296. The van der Waals surface area contributed by atoms with Crippen molar-refractivity contribution < 1.29 is 27.5 Å². The van der Waals surface area contributed by atoms with Gasteiger partial charge in [0.1, 0.15) is 0 Å². The molecule has 1 heterocycles. The number of halogens is 4. The van der Waals surface area contributed by atoms with E-state index in [9.17, 15) is 22.4 Å². The topological polar surface area (TPSA) is 49.3 Å². The van der Waals surface area contributed by atoms with E-state index in [4.69, 9.17) is 5.11 Å². The highest BCUT2D eigenvalue weighted by Gasteiger charge is 2.35. The summed E-state index contributed by atoms with van der Waals surface area (Å²) in [4.78, 5) is 10.7. The van der Waals surface area contributed by atoms with Gasteiger partial charge >= 0.3 is 5.97 Å². The fraction of sp³-hybridized carbons (Fsp3) is 0.364. The van der Waals surface area contributed by atoms with Crippen LogP contribution >= 0.6 is 0 Å². The van der Waals surface area contributed by atoms with Crippen molar-refractivity contribution in [1.29, 1.82) is 0 Å². The minimum Gasteiger partial charge on any atom is -0.481 e. The van der Waals surface area contributed by atoms with E-state index < -0.39 is 46.8 Å². The van der Waals surface area contributed by atoms with Gasteiger partial charge in [-0.2, -0.15) is 0 Å². The molecule has 1 saturated heterocycles. The van der Waals surface area contributed by atoms with E-state index in [-0.39, 0.29) is 19.0 Å². The molecule has 2 atom stereocenters. The maximum absolute atomic E-state index is 13.5. The first kappa shape index (κ1) is 12.8. The van der Waals surface area contributed by atoms with Crippen molar-refractivity contribution in [3.63, 3.8) is 0 Å². The number of benzene rings is 1. The largest absolute Gasteiger partial charge is 0.481 e. The second-order valence-corrected chi connectivity index (χ2v) is 4.11. The van der Waals surface area contributed by atoms with Gasteiger partial charge in [-0.05, 0) is 6.42 Å². The molecular formula is C11H9F4NO2. The highest BCUT2D eigenvalue weighted by atomic mass is 19.2. The number of hydrogen-bond acceptors (Lipinski definition) is 2. The van der Waals surface area contributed by atoms with Gasteiger partial charge < -0.3 is 10.4 Å². The predicted octanol–water partition coefficient (Wildman–Crippen LogP) is 1.98. The molecule has 1 aliphatic rings. The second-order valence-electron chi connectivity index (χ2n) is 4.11. The lowest BCUT2D eigenvalue weighted by atomic mass is 9.99. The molecule has 0 amide bonds. The zero-order valence-corrected chi connectivity index (χ0v) is 9.01. The fourth-order valence-electron chi connectivity index (χ4n) is 2.04. The van der Waals surface area contributed by atoms with Crippen LogP contribution in [0.5, 0.6) is 0 Å². The summed E-state index contributed by atoms with van der Waals surface area (Å²) < 4.78 is 52.9. The lowest BCUT2D eigenvalue weighted by Gasteiger charge is -2.13. The second kappa shape index (κ2) is 4.56. The zero-order valence-electron chi connectivity index (χ0n) is 9.01. The molecule has 7 heteroatoms. The van der Waals surface area contributed by atoms with Gasteiger partial charge in [0, 0.05) is 24.2 Å². The van der Waals surface area contributed by atoms with Crippen molar-refractivity contribution in [2.75, 3.05) is 6.54 Å². The summed E-state index contributed by atoms with van der Waals surface area (Å²) in [6, 6.07) is -0.922. The highest BCUT2D eigenvalue weighted by molar-refractivity contribution is 5.70. The predicted molar refractivity (Wildman–Crippen MR) is 52.8 cm³/mol. The third-order valence-corrected chi connectivity index (χ3v) is 2.97. The van der Waals surface area contributed by atoms with Crippen LogP contribution in [0.2, 0.25) is 0 Å². The van der Waals surface area contributed by atoms with E-state index in [1.54, 1.807) is 0 Å². The van der Waals surface area contributed by atoms with Crippen molar-refractivity contribution in [2.24, 2.45) is 5.92 Å². The molecule has 0 aliphatic carbocycles. The first-order chi connectivity index (χ1) is 8.41. The number of carboxylic acid groups (broad SMARTS) is 1. The van der Waals surface area contributed by atoms with Gasteiger partial charge in [0.2, 0.25) is 0 Å². The van der Waals surface area contributed by atoms with Crippen LogP contribution in [0.1, 0.15) is 18.0 Å². The minimum atomic E-state index is -1.50. The van der Waals surface area contributed by atoms with Crippen LogP contribution in [0.25, 0.3) is 0 Å². The number of carboxylic acids is 1. The van der Waals surface area contributed by atoms with Gasteiger partial charge in [-0.25, -0.2) is 17.6 Å². The zero-order chi connectivity index (χ0) is 13.4. The molecule has 0 bridgehead atoms. The molecule has 2 N–H and O–H groups in total. The van der Waals surface area contributed by atoms with Gasteiger partial charge in [-0.3, -0.25) is 4.79 Å². The van der Waals surface area contributed by atoms with Crippen LogP contribution in [0, 0.1) is 29.2 Å². The Morgan fingerprint density at radius 2 is 1.78 bits per heavy atom. The van der Waals surface area contributed by atoms with Crippen LogP contribution < -0.4 is 5.32 Å².